The second kappa shape index (κ2) is 9.82. The van der Waals surface area contributed by atoms with Crippen molar-refractivity contribution in [1.29, 1.82) is 0 Å². The van der Waals surface area contributed by atoms with E-state index in [0.29, 0.717) is 34.5 Å². The summed E-state index contributed by atoms with van der Waals surface area (Å²) in [5.41, 5.74) is 1.07. The Kier molecular flexibility index (Phi) is 6.71. The molecule has 3 heterocycles. The Morgan fingerprint density at radius 1 is 1.10 bits per heavy atom. The lowest BCUT2D eigenvalue weighted by Gasteiger charge is -2.27. The maximum absolute atomic E-state index is 12.9. The van der Waals surface area contributed by atoms with Crippen LogP contribution in [0.3, 0.4) is 0 Å². The summed E-state index contributed by atoms with van der Waals surface area (Å²) < 4.78 is 7.33. The van der Waals surface area contributed by atoms with Crippen molar-refractivity contribution >= 4 is 29.3 Å². The monoisotopic (exact) mass is 439 g/mol. The summed E-state index contributed by atoms with van der Waals surface area (Å²) in [5, 5.41) is 11.9. The Hall–Kier alpha value is -3.07. The predicted octanol–water partition coefficient (Wildman–Crippen LogP) is 3.91. The number of anilines is 1. The number of carbonyl (C=O) groups excluding carboxylic acids is 2. The van der Waals surface area contributed by atoms with E-state index in [-0.39, 0.29) is 17.6 Å². The minimum Gasteiger partial charge on any atom is -0.461 e. The van der Waals surface area contributed by atoms with E-state index in [0.717, 1.165) is 32.4 Å². The first-order chi connectivity index (χ1) is 15.2. The van der Waals surface area contributed by atoms with Crippen molar-refractivity contribution in [2.24, 2.45) is 0 Å². The van der Waals surface area contributed by atoms with Gasteiger partial charge < -0.3 is 14.6 Å². The van der Waals surface area contributed by atoms with Crippen molar-refractivity contribution in [2.75, 3.05) is 24.2 Å². The second-order valence-corrected chi connectivity index (χ2v) is 8.21. The molecule has 2 aromatic heterocycles. The lowest BCUT2D eigenvalue weighted by atomic mass is 10.1. The van der Waals surface area contributed by atoms with Gasteiger partial charge in [0.25, 0.3) is 5.91 Å². The van der Waals surface area contributed by atoms with E-state index in [9.17, 15) is 9.59 Å². The topological polar surface area (TPSA) is 93.3 Å². The lowest BCUT2D eigenvalue weighted by molar-refractivity contribution is -0.113. The van der Waals surface area contributed by atoms with Crippen LogP contribution in [0.1, 0.15) is 36.5 Å². The van der Waals surface area contributed by atoms with Gasteiger partial charge in [-0.1, -0.05) is 23.9 Å². The third-order valence-electron chi connectivity index (χ3n) is 5.18. The molecule has 1 N–H and O–H groups in total. The van der Waals surface area contributed by atoms with Crippen LogP contribution in [0.4, 0.5) is 5.69 Å². The average molecular weight is 440 g/mol. The highest BCUT2D eigenvalue weighted by molar-refractivity contribution is 7.99. The summed E-state index contributed by atoms with van der Waals surface area (Å²) in [6, 6.07) is 10.8. The van der Waals surface area contributed by atoms with Gasteiger partial charge in [0.05, 0.1) is 23.3 Å². The zero-order chi connectivity index (χ0) is 21.6. The van der Waals surface area contributed by atoms with E-state index in [1.807, 2.05) is 34.6 Å². The van der Waals surface area contributed by atoms with Gasteiger partial charge in [0.2, 0.25) is 5.91 Å². The van der Waals surface area contributed by atoms with E-state index in [4.69, 9.17) is 4.42 Å². The van der Waals surface area contributed by atoms with E-state index >= 15 is 0 Å². The first-order valence-electron chi connectivity index (χ1n) is 10.5. The lowest BCUT2D eigenvalue weighted by Crippen LogP contribution is -2.36. The fourth-order valence-electron chi connectivity index (χ4n) is 3.63. The van der Waals surface area contributed by atoms with Crippen molar-refractivity contribution in [3.63, 3.8) is 0 Å². The van der Waals surface area contributed by atoms with Crippen LogP contribution in [0.25, 0.3) is 11.6 Å². The van der Waals surface area contributed by atoms with Crippen molar-refractivity contribution in [1.82, 2.24) is 19.7 Å². The van der Waals surface area contributed by atoms with Gasteiger partial charge in [-0.3, -0.25) is 14.2 Å². The Balaban J connectivity index is 1.42. The predicted molar refractivity (Wildman–Crippen MR) is 119 cm³/mol. The molecule has 0 radical (unpaired) electrons. The Morgan fingerprint density at radius 2 is 1.90 bits per heavy atom. The maximum Gasteiger partial charge on any atom is 0.255 e. The minimum atomic E-state index is -0.200. The van der Waals surface area contributed by atoms with E-state index in [1.54, 1.807) is 24.5 Å². The van der Waals surface area contributed by atoms with Gasteiger partial charge in [0, 0.05) is 19.6 Å². The quantitative estimate of drug-likeness (QED) is 0.561. The minimum absolute atomic E-state index is 0.0305. The van der Waals surface area contributed by atoms with Crippen LogP contribution in [-0.2, 0) is 11.3 Å². The highest BCUT2D eigenvalue weighted by Gasteiger charge is 2.22. The number of benzene rings is 1. The fourth-order valence-corrected chi connectivity index (χ4v) is 4.43. The van der Waals surface area contributed by atoms with Crippen LogP contribution in [0, 0.1) is 0 Å². The van der Waals surface area contributed by atoms with Crippen molar-refractivity contribution < 1.29 is 14.0 Å². The van der Waals surface area contributed by atoms with Gasteiger partial charge in [0.1, 0.15) is 0 Å². The van der Waals surface area contributed by atoms with Crippen LogP contribution >= 0.6 is 11.8 Å². The number of piperidine rings is 1. The normalized spacial score (nSPS) is 13.9. The number of furan rings is 1. The number of thioether (sulfide) groups is 1. The molecule has 0 spiro atoms. The molecule has 0 unspecified atom stereocenters. The first kappa shape index (κ1) is 21.2. The summed E-state index contributed by atoms with van der Waals surface area (Å²) >= 11 is 1.30. The molecule has 0 bridgehead atoms. The Labute approximate surface area is 185 Å². The van der Waals surface area contributed by atoms with Gasteiger partial charge in [-0.05, 0) is 50.5 Å². The zero-order valence-corrected chi connectivity index (χ0v) is 18.2. The van der Waals surface area contributed by atoms with Crippen molar-refractivity contribution in [3.05, 3.63) is 48.2 Å². The van der Waals surface area contributed by atoms with Gasteiger partial charge in [-0.25, -0.2) is 0 Å². The number of nitrogens with zero attached hydrogens (tertiary/aromatic N) is 4. The average Bonchev–Trinajstić information content (AvgIpc) is 3.47. The summed E-state index contributed by atoms with van der Waals surface area (Å²) in [6.07, 6.45) is 4.79. The Bertz CT molecular complexity index is 1040. The molecule has 1 aromatic carbocycles. The molecule has 8 nitrogen and oxygen atoms in total. The fraction of sp³-hybridized carbons (Fsp3) is 0.364. The number of hydrogen-bond donors (Lipinski definition) is 1. The molecule has 4 rings (SSSR count). The highest BCUT2D eigenvalue weighted by atomic mass is 32.2. The zero-order valence-electron chi connectivity index (χ0n) is 17.4. The highest BCUT2D eigenvalue weighted by Crippen LogP contribution is 2.25. The number of hydrogen-bond acceptors (Lipinski definition) is 6. The van der Waals surface area contributed by atoms with Gasteiger partial charge >= 0.3 is 0 Å². The molecule has 162 valence electrons. The number of likely N-dealkylation sites (tertiary alicyclic amines) is 1. The molecule has 0 atom stereocenters. The summed E-state index contributed by atoms with van der Waals surface area (Å²) in [7, 11) is 0. The molecule has 31 heavy (non-hydrogen) atoms. The summed E-state index contributed by atoms with van der Waals surface area (Å²) in [5.74, 6) is 1.19. The van der Waals surface area contributed by atoms with Crippen LogP contribution in [0.15, 0.2) is 52.2 Å². The number of para-hydroxylation sites is 1. The number of carbonyl (C=O) groups is 2. The number of amides is 2. The third kappa shape index (κ3) is 4.82. The SMILES string of the molecule is CCn1c(SCC(=O)Nc2ccccc2C(=O)N2CCCCC2)nnc1-c1ccco1. The summed E-state index contributed by atoms with van der Waals surface area (Å²) in [6.45, 7) is 4.17. The largest absolute Gasteiger partial charge is 0.461 e. The van der Waals surface area contributed by atoms with E-state index in [1.165, 1.54) is 11.8 Å². The maximum atomic E-state index is 12.9. The molecule has 1 saturated heterocycles. The molecule has 9 heteroatoms. The molecular formula is C22H25N5O3S. The molecule has 2 amide bonds. The number of aromatic nitrogens is 3. The molecular weight excluding hydrogens is 414 g/mol. The first-order valence-corrected chi connectivity index (χ1v) is 11.4. The molecule has 1 aliphatic rings. The van der Waals surface area contributed by atoms with Gasteiger partial charge in [0.15, 0.2) is 16.7 Å². The molecule has 1 fully saturated rings. The van der Waals surface area contributed by atoms with Crippen molar-refractivity contribution in [2.45, 2.75) is 37.9 Å². The van der Waals surface area contributed by atoms with Crippen LogP contribution in [-0.4, -0.2) is 50.3 Å². The van der Waals surface area contributed by atoms with Crippen molar-refractivity contribution in [3.8, 4) is 11.6 Å². The standard InChI is InChI=1S/C22H25N5O3S/c1-2-27-20(18-11-8-14-30-18)24-25-22(27)31-15-19(28)23-17-10-5-4-9-16(17)21(29)26-12-6-3-7-13-26/h4-5,8-11,14H,2-3,6-7,12-13,15H2,1H3,(H,23,28). The van der Waals surface area contributed by atoms with Gasteiger partial charge in [-0.2, -0.15) is 0 Å². The number of nitrogens with one attached hydrogen (secondary N) is 1. The molecule has 3 aromatic rings. The smallest absolute Gasteiger partial charge is 0.255 e. The van der Waals surface area contributed by atoms with Crippen LogP contribution < -0.4 is 5.32 Å². The Morgan fingerprint density at radius 3 is 2.65 bits per heavy atom. The van der Waals surface area contributed by atoms with Crippen LogP contribution in [0.5, 0.6) is 0 Å². The molecule has 0 saturated carbocycles. The second-order valence-electron chi connectivity index (χ2n) is 7.26. The van der Waals surface area contributed by atoms with E-state index < -0.39 is 0 Å². The summed E-state index contributed by atoms with van der Waals surface area (Å²) in [4.78, 5) is 27.4. The van der Waals surface area contributed by atoms with Crippen LogP contribution in [0.2, 0.25) is 0 Å². The van der Waals surface area contributed by atoms with Gasteiger partial charge in [-0.15, -0.1) is 10.2 Å². The molecule has 1 aliphatic heterocycles. The third-order valence-corrected chi connectivity index (χ3v) is 6.15. The molecule has 0 aliphatic carbocycles. The number of rotatable bonds is 7. The van der Waals surface area contributed by atoms with E-state index in [2.05, 4.69) is 15.5 Å².